The fraction of sp³-hybridized carbons (Fsp3) is 0.429. The molecule has 8 N–H and O–H groups in total. The Balaban J connectivity index is 0.000000187. The van der Waals surface area contributed by atoms with Crippen molar-refractivity contribution in [2.75, 3.05) is 147 Å². The third-order valence-corrected chi connectivity index (χ3v) is 26.5. The fourth-order valence-electron chi connectivity index (χ4n) is 18.5. The first-order valence-corrected chi connectivity index (χ1v) is 46.7. The number of hydrogen-bond donors (Lipinski definition) is 8. The molecule has 33 nitrogen and oxygen atoms in total. The van der Waals surface area contributed by atoms with Crippen LogP contribution in [0.25, 0.3) is 22.3 Å². The van der Waals surface area contributed by atoms with Crippen molar-refractivity contribution in [3.63, 3.8) is 0 Å². The number of nitrogens with zero attached hydrogens (tertiary/aromatic N) is 13. The number of carbonyl (C=O) groups excluding carboxylic acids is 11. The van der Waals surface area contributed by atoms with Gasteiger partial charge in [-0.3, -0.25) is 87.8 Å². The predicted molar refractivity (Wildman–Crippen MR) is 502 cm³/mol. The molecule has 10 heterocycles. The molecule has 748 valence electrons. The summed E-state index contributed by atoms with van der Waals surface area (Å²) in [5.41, 5.74) is -1.05. The molecule has 6 fully saturated rings. The average molecular weight is 1960 g/mol. The Morgan fingerprint density at radius 1 is 0.440 bits per heavy atom. The van der Waals surface area contributed by atoms with E-state index < -0.39 is 135 Å². The summed E-state index contributed by atoms with van der Waals surface area (Å²) in [4.78, 5) is 184. The standard InChI is InChI=1S/C49H53F5N10O6.C29H32F5N7O.C20H23N3O6/c1-28-26-63(27-29(2)60(28)3)40-23-36(51)34(22-38(40)58-44(67)32-13-12-31(50)21-35(32)49(52,53)54)30-24-56-48(57-25-30)62-19-17-61(18-20-62)42(66)11-6-4-5-7-16-55-37-10-8-9-33-43(37)47(70)64(46(33)69)39-14-15-41(65)59-45(39)68;1-17-15-41(16-18(2)39(17)3)26-12-24(31)22(19-13-36-28(37-14-19)40-8-6-35-7-9-40)11-25(26)38-27(42)21-5-4-20(30)10-23(21)29(32,33)34;24-15-10-9-14(18(27)22-15)23-19(28)12-6-5-7-13(17(12)20(23)29)21-11-4-2-1-3-8-16(25)26/h8-10,12-13,21-25,28-29,39,55H,4-7,11,14-20,26-27H2,1-3H3,(H,58,67)(H,59,65,68);4-5,10-14,17-18,35H,6-9,15-16H2,1-3H3,(H,38,42);5-7,14,21H,1-4,8-11H2,(H,25,26)(H,22,24,27)/t28-,29+,39?;17-,18+;. The molecule has 0 aliphatic carbocycles. The van der Waals surface area contributed by atoms with E-state index in [0.29, 0.717) is 119 Å². The highest BCUT2D eigenvalue weighted by Gasteiger charge is 2.49. The van der Waals surface area contributed by atoms with Crippen molar-refractivity contribution in [3.05, 3.63) is 190 Å². The summed E-state index contributed by atoms with van der Waals surface area (Å²) >= 11 is 0. The van der Waals surface area contributed by atoms with E-state index in [1.54, 1.807) is 41.3 Å². The minimum atomic E-state index is -5.02. The number of carboxylic acids is 1. The summed E-state index contributed by atoms with van der Waals surface area (Å²) in [6.45, 7) is 15.8. The zero-order valence-electron chi connectivity index (χ0n) is 78.2. The zero-order valence-corrected chi connectivity index (χ0v) is 78.2. The van der Waals surface area contributed by atoms with Gasteiger partial charge in [0.15, 0.2) is 0 Å². The maximum Gasteiger partial charge on any atom is 0.417 e. The van der Waals surface area contributed by atoms with Crippen LogP contribution in [0.15, 0.2) is 122 Å². The van der Waals surface area contributed by atoms with Crippen molar-refractivity contribution in [1.82, 2.24) is 60.4 Å². The number of piperazine rings is 4. The van der Waals surface area contributed by atoms with Gasteiger partial charge in [0.1, 0.15) is 35.4 Å². The van der Waals surface area contributed by atoms with Crippen molar-refractivity contribution in [1.29, 1.82) is 0 Å². The first kappa shape index (κ1) is 103. The molecular weight excluding hydrogens is 1860 g/mol. The zero-order chi connectivity index (χ0) is 101. The first-order valence-electron chi connectivity index (χ1n) is 46.7. The highest BCUT2D eigenvalue weighted by molar-refractivity contribution is 6.27. The summed E-state index contributed by atoms with van der Waals surface area (Å²) in [5, 5.41) is 27.8. The molecule has 8 aliphatic heterocycles. The number of unbranched alkanes of at least 4 members (excludes halogenated alkanes) is 6. The number of halogens is 10. The van der Waals surface area contributed by atoms with Gasteiger partial charge >= 0.3 is 18.3 Å². The van der Waals surface area contributed by atoms with Crippen molar-refractivity contribution in [2.24, 2.45) is 0 Å². The van der Waals surface area contributed by atoms with Gasteiger partial charge in [0, 0.05) is 200 Å². The van der Waals surface area contributed by atoms with Crippen LogP contribution in [-0.2, 0) is 41.1 Å². The highest BCUT2D eigenvalue weighted by atomic mass is 19.4. The Bertz CT molecular complexity index is 6060. The van der Waals surface area contributed by atoms with Crippen LogP contribution in [0.4, 0.5) is 89.9 Å². The van der Waals surface area contributed by atoms with Gasteiger partial charge in [-0.1, -0.05) is 37.8 Å². The van der Waals surface area contributed by atoms with E-state index in [0.717, 1.165) is 98.8 Å². The maximum atomic E-state index is 16.1. The minimum Gasteiger partial charge on any atom is -0.481 e. The number of piperidine rings is 2. The summed E-state index contributed by atoms with van der Waals surface area (Å²) in [6, 6.07) is 16.9. The smallest absolute Gasteiger partial charge is 0.417 e. The number of benzene rings is 6. The number of rotatable bonds is 28. The van der Waals surface area contributed by atoms with E-state index >= 15 is 8.78 Å². The molecule has 0 spiro atoms. The molecule has 2 unspecified atom stereocenters. The van der Waals surface area contributed by atoms with Crippen LogP contribution in [0.3, 0.4) is 0 Å². The number of likely N-dealkylation sites (N-methyl/N-ethyl adjacent to an activating group) is 2. The van der Waals surface area contributed by atoms with Gasteiger partial charge in [-0.25, -0.2) is 37.5 Å². The molecule has 6 aromatic carbocycles. The number of carbonyl (C=O) groups is 12. The molecular formula is C98H108F10N20O13. The number of alkyl halides is 6. The van der Waals surface area contributed by atoms with Gasteiger partial charge < -0.3 is 56.2 Å². The molecule has 6 atom stereocenters. The van der Waals surface area contributed by atoms with Crippen LogP contribution in [0.2, 0.25) is 0 Å². The Kier molecular flexibility index (Phi) is 32.5. The van der Waals surface area contributed by atoms with Crippen molar-refractivity contribution in [3.8, 4) is 22.3 Å². The van der Waals surface area contributed by atoms with E-state index in [1.807, 2.05) is 61.4 Å². The molecule has 0 radical (unpaired) electrons. The predicted octanol–water partition coefficient (Wildman–Crippen LogP) is 12.5. The van der Waals surface area contributed by atoms with E-state index in [4.69, 9.17) is 5.11 Å². The Morgan fingerprint density at radius 2 is 0.823 bits per heavy atom. The van der Waals surface area contributed by atoms with E-state index in [2.05, 4.69) is 67.0 Å². The minimum absolute atomic E-state index is 0.00344. The molecule has 16 rings (SSSR count). The molecule has 6 saturated heterocycles. The number of fused-ring (bicyclic) bond motifs is 2. The molecule has 0 bridgehead atoms. The SMILES string of the molecule is C[C@@H]1CN(c2cc(F)c(-c3cnc(N4CCN(C(=O)CCCCCCNc5cccc6c5C(=O)N(C5CCC(=O)NC5=O)C6=O)CC4)nc3)cc2NC(=O)c2ccc(F)cc2C(F)(F)F)C[C@H](C)N1C.C[C@@H]1CN(c2cc(F)c(-c3cnc(N4CCNCC4)nc3)cc2NC(=O)c2ccc(F)cc2C(F)(F)F)C[C@H](C)N1C.O=C(O)CCCCCCNc1cccc2c1C(=O)N(C1CCC(=O)NC1=O)C2=O. The topological polar surface area (TPSA) is 390 Å². The van der Waals surface area contributed by atoms with Gasteiger partial charge in [-0.2, -0.15) is 26.3 Å². The Labute approximate surface area is 804 Å². The lowest BCUT2D eigenvalue weighted by Gasteiger charge is -2.44. The second-order valence-electron chi connectivity index (χ2n) is 36.1. The van der Waals surface area contributed by atoms with Crippen LogP contribution < -0.4 is 56.8 Å². The molecule has 43 heteroatoms. The van der Waals surface area contributed by atoms with Crippen LogP contribution in [0.5, 0.6) is 0 Å². The number of imide groups is 4. The summed E-state index contributed by atoms with van der Waals surface area (Å²) in [5.74, 6) is -10.1. The highest BCUT2D eigenvalue weighted by Crippen LogP contribution is 2.43. The van der Waals surface area contributed by atoms with Gasteiger partial charge in [-0.15, -0.1) is 0 Å². The molecule has 11 amide bonds. The summed E-state index contributed by atoms with van der Waals surface area (Å²) in [7, 11) is 3.94. The third kappa shape index (κ3) is 24.0. The molecule has 8 aliphatic rings. The Hall–Kier alpha value is -14.1. The number of amides is 11. The van der Waals surface area contributed by atoms with Gasteiger partial charge in [-0.05, 0) is 165 Å². The van der Waals surface area contributed by atoms with E-state index in [1.165, 1.54) is 49.1 Å². The largest absolute Gasteiger partial charge is 0.481 e. The molecule has 141 heavy (non-hydrogen) atoms. The third-order valence-electron chi connectivity index (χ3n) is 26.5. The van der Waals surface area contributed by atoms with E-state index in [-0.39, 0.29) is 130 Å². The lowest BCUT2D eigenvalue weighted by molar-refractivity contribution is -0.138. The number of anilines is 8. The summed E-state index contributed by atoms with van der Waals surface area (Å²) < 4.78 is 142. The van der Waals surface area contributed by atoms with E-state index in [9.17, 15) is 92.7 Å². The van der Waals surface area contributed by atoms with Gasteiger partial charge in [0.05, 0.1) is 67.3 Å². The van der Waals surface area contributed by atoms with Gasteiger partial charge in [0.25, 0.3) is 35.4 Å². The molecule has 2 aromatic heterocycles. The monoisotopic (exact) mass is 1960 g/mol. The second kappa shape index (κ2) is 44.6. The number of nitrogens with one attached hydrogen (secondary N) is 7. The summed E-state index contributed by atoms with van der Waals surface area (Å²) in [6.07, 6.45) is 2.76. The Morgan fingerprint density at radius 3 is 1.21 bits per heavy atom. The molecule has 0 saturated carbocycles. The average Bonchev–Trinajstić information content (AvgIpc) is 1.68. The van der Waals surface area contributed by atoms with Crippen molar-refractivity contribution in [2.45, 2.75) is 166 Å². The van der Waals surface area contributed by atoms with Crippen LogP contribution in [0, 0.1) is 23.3 Å². The second-order valence-corrected chi connectivity index (χ2v) is 36.1. The number of aliphatic carboxylic acids is 1. The maximum absolute atomic E-state index is 16.1. The van der Waals surface area contributed by atoms with Crippen molar-refractivity contribution >= 4 is 117 Å². The lowest BCUT2D eigenvalue weighted by atomic mass is 10.0. The number of carboxylic acid groups (broad SMARTS) is 1. The number of aromatic nitrogens is 4. The van der Waals surface area contributed by atoms with Crippen LogP contribution in [0.1, 0.15) is 191 Å². The quantitative estimate of drug-likeness (QED) is 0.0128. The first-order chi connectivity index (χ1) is 67.2. The van der Waals surface area contributed by atoms with Crippen LogP contribution in [-0.4, -0.2) is 262 Å². The van der Waals surface area contributed by atoms with Crippen LogP contribution >= 0.6 is 0 Å². The lowest BCUT2D eigenvalue weighted by Crippen LogP contribution is -2.55. The fourth-order valence-corrected chi connectivity index (χ4v) is 18.5. The molecule has 8 aromatic rings. The van der Waals surface area contributed by atoms with Gasteiger partial charge in [0.2, 0.25) is 41.4 Å². The normalized spacial score (nSPS) is 19.7. The number of hydrogen-bond acceptors (Lipinski definition) is 25. The van der Waals surface area contributed by atoms with Crippen molar-refractivity contribution < 1.29 is 107 Å².